The number of hydrogen-bond acceptors (Lipinski definition) is 2. The summed E-state index contributed by atoms with van der Waals surface area (Å²) >= 11 is 0. The molecule has 0 aliphatic rings. The molecule has 0 aliphatic carbocycles. The standard InChI is InChI=1S/C47H26N4/c1-50-43-21-20-35(51-44-18-10-9-13-36(44)42-25-30(28-48)19-22-45(42)51)27-41(43)33-23-31(29-49)24-34(26-33)47-39-16-7-5-14-37(39)46(32-11-3-2-4-12-32)38-15-6-8-17-40(38)47/h2-27H. The number of nitriles is 2. The zero-order valence-corrected chi connectivity index (χ0v) is 27.3. The number of aromatic nitrogens is 1. The summed E-state index contributed by atoms with van der Waals surface area (Å²) in [5.41, 5.74) is 10.3. The molecular weight excluding hydrogens is 621 g/mol. The molecule has 4 heteroatoms. The van der Waals surface area contributed by atoms with Crippen molar-refractivity contribution in [3.8, 4) is 51.2 Å². The second-order valence-electron chi connectivity index (χ2n) is 12.6. The van der Waals surface area contributed by atoms with Gasteiger partial charge in [0, 0.05) is 16.5 Å². The topological polar surface area (TPSA) is 56.9 Å². The van der Waals surface area contributed by atoms with Gasteiger partial charge >= 0.3 is 0 Å². The Kier molecular flexibility index (Phi) is 6.93. The molecule has 1 aromatic heterocycles. The highest BCUT2D eigenvalue weighted by Crippen LogP contribution is 2.45. The van der Waals surface area contributed by atoms with Crippen molar-refractivity contribution in [1.82, 2.24) is 4.57 Å². The number of para-hydroxylation sites is 1. The van der Waals surface area contributed by atoms with Crippen molar-refractivity contribution in [2.45, 2.75) is 0 Å². The van der Waals surface area contributed by atoms with Crippen molar-refractivity contribution < 1.29 is 0 Å². The smallest absolute Gasteiger partial charge is 0.195 e. The van der Waals surface area contributed by atoms with Crippen molar-refractivity contribution in [2.75, 3.05) is 0 Å². The van der Waals surface area contributed by atoms with Crippen LogP contribution in [0.5, 0.6) is 0 Å². The van der Waals surface area contributed by atoms with Crippen molar-refractivity contribution in [1.29, 1.82) is 10.5 Å². The van der Waals surface area contributed by atoms with Gasteiger partial charge in [0.05, 0.1) is 40.9 Å². The van der Waals surface area contributed by atoms with Crippen LogP contribution >= 0.6 is 0 Å². The molecule has 51 heavy (non-hydrogen) atoms. The minimum atomic E-state index is 0.501. The van der Waals surface area contributed by atoms with Crippen LogP contribution in [-0.2, 0) is 0 Å². The van der Waals surface area contributed by atoms with Gasteiger partial charge in [0.2, 0.25) is 0 Å². The number of fused-ring (bicyclic) bond motifs is 5. The first-order chi connectivity index (χ1) is 25.2. The SMILES string of the molecule is [C-]#[N+]c1ccc(-n2c3ccccc3c3cc(C#N)ccc32)cc1-c1cc(C#N)cc(-c2c3ccccc3c(-c3ccccc3)c3ccccc23)c1. The second-order valence-corrected chi connectivity index (χ2v) is 12.6. The summed E-state index contributed by atoms with van der Waals surface area (Å²) < 4.78 is 2.18. The van der Waals surface area contributed by atoms with Gasteiger partial charge in [0.1, 0.15) is 0 Å². The zero-order chi connectivity index (χ0) is 34.5. The third kappa shape index (κ3) is 4.74. The Bertz CT molecular complexity index is 2940. The predicted octanol–water partition coefficient (Wildman–Crippen LogP) is 12.4. The van der Waals surface area contributed by atoms with Crippen LogP contribution < -0.4 is 0 Å². The minimum Gasteiger partial charge on any atom is -0.309 e. The number of benzene rings is 8. The first kappa shape index (κ1) is 29.7. The molecule has 0 unspecified atom stereocenters. The van der Waals surface area contributed by atoms with E-state index in [4.69, 9.17) is 6.57 Å². The minimum absolute atomic E-state index is 0.501. The van der Waals surface area contributed by atoms with Crippen LogP contribution in [0.1, 0.15) is 11.1 Å². The molecule has 0 saturated carbocycles. The van der Waals surface area contributed by atoms with E-state index in [9.17, 15) is 10.5 Å². The van der Waals surface area contributed by atoms with E-state index < -0.39 is 0 Å². The molecule has 9 aromatic rings. The van der Waals surface area contributed by atoms with Crippen LogP contribution in [0.25, 0.3) is 87.3 Å². The lowest BCUT2D eigenvalue weighted by Crippen LogP contribution is -1.95. The molecule has 0 N–H and O–H groups in total. The maximum Gasteiger partial charge on any atom is 0.195 e. The molecule has 1 heterocycles. The monoisotopic (exact) mass is 646 g/mol. The summed E-state index contributed by atoms with van der Waals surface area (Å²) in [6, 6.07) is 57.9. The van der Waals surface area contributed by atoms with Gasteiger partial charge in [-0.3, -0.25) is 0 Å². The average molecular weight is 647 g/mol. The van der Waals surface area contributed by atoms with Crippen LogP contribution in [0.4, 0.5) is 5.69 Å². The molecule has 8 aromatic carbocycles. The summed E-state index contributed by atoms with van der Waals surface area (Å²) in [7, 11) is 0. The fraction of sp³-hybridized carbons (Fsp3) is 0. The Balaban J connectivity index is 1.31. The summed E-state index contributed by atoms with van der Waals surface area (Å²) in [6.07, 6.45) is 0. The molecule has 0 radical (unpaired) electrons. The lowest BCUT2D eigenvalue weighted by molar-refractivity contribution is 1.18. The average Bonchev–Trinajstić information content (AvgIpc) is 3.53. The lowest BCUT2D eigenvalue weighted by Gasteiger charge is -2.19. The normalized spacial score (nSPS) is 11.1. The molecule has 0 atom stereocenters. The Morgan fingerprint density at radius 1 is 0.451 bits per heavy atom. The third-order valence-electron chi connectivity index (χ3n) is 9.82. The van der Waals surface area contributed by atoms with Crippen LogP contribution in [0.15, 0.2) is 158 Å². The fourth-order valence-electron chi connectivity index (χ4n) is 7.66. The molecule has 4 nitrogen and oxygen atoms in total. The van der Waals surface area contributed by atoms with Crippen molar-refractivity contribution in [2.24, 2.45) is 0 Å². The van der Waals surface area contributed by atoms with Gasteiger partial charge in [-0.15, -0.1) is 0 Å². The van der Waals surface area contributed by atoms with Crippen LogP contribution in [0.2, 0.25) is 0 Å². The van der Waals surface area contributed by atoms with Gasteiger partial charge in [0.15, 0.2) is 5.69 Å². The van der Waals surface area contributed by atoms with E-state index in [2.05, 4.69) is 113 Å². The van der Waals surface area contributed by atoms with E-state index in [0.717, 1.165) is 76.9 Å². The highest BCUT2D eigenvalue weighted by Gasteiger charge is 2.19. The van der Waals surface area contributed by atoms with E-state index in [0.29, 0.717) is 16.8 Å². The summed E-state index contributed by atoms with van der Waals surface area (Å²) in [4.78, 5) is 3.94. The van der Waals surface area contributed by atoms with E-state index in [1.807, 2.05) is 66.7 Å². The van der Waals surface area contributed by atoms with Gasteiger partial charge < -0.3 is 4.57 Å². The van der Waals surface area contributed by atoms with Crippen LogP contribution in [0, 0.1) is 29.2 Å². The first-order valence-electron chi connectivity index (χ1n) is 16.7. The summed E-state index contributed by atoms with van der Waals surface area (Å²) in [6.45, 7) is 8.15. The van der Waals surface area contributed by atoms with E-state index in [-0.39, 0.29) is 0 Å². The number of nitrogens with zero attached hydrogens (tertiary/aromatic N) is 4. The molecule has 0 bridgehead atoms. The van der Waals surface area contributed by atoms with Gasteiger partial charge in [-0.1, -0.05) is 103 Å². The third-order valence-corrected chi connectivity index (χ3v) is 9.82. The highest BCUT2D eigenvalue weighted by molar-refractivity contribution is 6.21. The van der Waals surface area contributed by atoms with Gasteiger partial charge in [-0.05, 0) is 110 Å². The number of hydrogen-bond donors (Lipinski definition) is 0. The van der Waals surface area contributed by atoms with Crippen molar-refractivity contribution >= 4 is 49.0 Å². The maximum absolute atomic E-state index is 10.4. The summed E-state index contributed by atoms with van der Waals surface area (Å²) in [5, 5.41) is 26.5. The van der Waals surface area contributed by atoms with Crippen molar-refractivity contribution in [3.63, 3.8) is 0 Å². The second kappa shape index (κ2) is 11.9. The van der Waals surface area contributed by atoms with Gasteiger partial charge in [-0.2, -0.15) is 10.5 Å². The number of rotatable bonds is 4. The Morgan fingerprint density at radius 3 is 1.67 bits per heavy atom. The molecular formula is C47H26N4. The lowest BCUT2D eigenvalue weighted by atomic mass is 9.85. The fourth-order valence-corrected chi connectivity index (χ4v) is 7.66. The van der Waals surface area contributed by atoms with Crippen molar-refractivity contribution in [3.05, 3.63) is 180 Å². The molecule has 0 spiro atoms. The Labute approximate surface area is 294 Å². The maximum atomic E-state index is 10.4. The molecule has 234 valence electrons. The zero-order valence-electron chi connectivity index (χ0n) is 27.3. The van der Waals surface area contributed by atoms with Crippen LogP contribution in [0.3, 0.4) is 0 Å². The largest absolute Gasteiger partial charge is 0.309 e. The molecule has 0 amide bonds. The quantitative estimate of drug-likeness (QED) is 0.141. The predicted molar refractivity (Wildman–Crippen MR) is 208 cm³/mol. The Hall–Kier alpha value is -7.45. The van der Waals surface area contributed by atoms with Crippen LogP contribution in [-0.4, -0.2) is 4.57 Å². The van der Waals surface area contributed by atoms with E-state index in [1.54, 1.807) is 0 Å². The first-order valence-corrected chi connectivity index (χ1v) is 16.7. The molecule has 0 aliphatic heterocycles. The van der Waals surface area contributed by atoms with E-state index in [1.165, 1.54) is 5.56 Å². The molecule has 0 saturated heterocycles. The van der Waals surface area contributed by atoms with E-state index >= 15 is 0 Å². The molecule has 0 fully saturated rings. The van der Waals surface area contributed by atoms with Gasteiger partial charge in [-0.25, -0.2) is 4.85 Å². The highest BCUT2D eigenvalue weighted by atomic mass is 15.0. The Morgan fingerprint density at radius 2 is 1.02 bits per heavy atom. The summed E-state index contributed by atoms with van der Waals surface area (Å²) in [5.74, 6) is 0. The molecule has 9 rings (SSSR count). The van der Waals surface area contributed by atoms with Gasteiger partial charge in [0.25, 0.3) is 0 Å².